The van der Waals surface area contributed by atoms with Gasteiger partial charge in [0.25, 0.3) is 0 Å². The second kappa shape index (κ2) is 6.01. The van der Waals surface area contributed by atoms with Gasteiger partial charge in [-0.25, -0.2) is 0 Å². The zero-order valence-corrected chi connectivity index (χ0v) is 13.1. The van der Waals surface area contributed by atoms with Crippen molar-refractivity contribution in [2.24, 2.45) is 5.41 Å². The van der Waals surface area contributed by atoms with Crippen LogP contribution in [-0.4, -0.2) is 7.11 Å². The van der Waals surface area contributed by atoms with Crippen molar-refractivity contribution in [3.63, 3.8) is 0 Å². The van der Waals surface area contributed by atoms with Gasteiger partial charge in [-0.05, 0) is 34.7 Å². The predicted molar refractivity (Wildman–Crippen MR) is 85.4 cm³/mol. The molecular formula is C19H21NO. The van der Waals surface area contributed by atoms with E-state index in [1.807, 2.05) is 36.4 Å². The van der Waals surface area contributed by atoms with E-state index < -0.39 is 0 Å². The number of nitriles is 1. The molecule has 0 saturated carbocycles. The highest BCUT2D eigenvalue weighted by molar-refractivity contribution is 5.48. The third-order valence-electron chi connectivity index (χ3n) is 3.69. The lowest BCUT2D eigenvalue weighted by Gasteiger charge is -2.32. The molecule has 2 rings (SSSR count). The molecule has 0 heterocycles. The lowest BCUT2D eigenvalue weighted by Crippen LogP contribution is -2.20. The van der Waals surface area contributed by atoms with E-state index in [1.165, 1.54) is 5.56 Å². The minimum absolute atomic E-state index is 0.000676. The van der Waals surface area contributed by atoms with Gasteiger partial charge in [0.1, 0.15) is 5.75 Å². The van der Waals surface area contributed by atoms with Gasteiger partial charge in [0.05, 0.1) is 18.7 Å². The predicted octanol–water partition coefficient (Wildman–Crippen LogP) is 4.74. The molecule has 0 aromatic heterocycles. The average Bonchev–Trinajstić information content (AvgIpc) is 2.47. The van der Waals surface area contributed by atoms with Crippen molar-refractivity contribution in [2.45, 2.75) is 26.7 Å². The van der Waals surface area contributed by atoms with Crippen LogP contribution in [0.5, 0.6) is 5.75 Å². The Bertz CT molecular complexity index is 648. The van der Waals surface area contributed by atoms with Crippen molar-refractivity contribution in [2.75, 3.05) is 7.11 Å². The Morgan fingerprint density at radius 1 is 1.05 bits per heavy atom. The minimum atomic E-state index is -0.000676. The third-order valence-corrected chi connectivity index (χ3v) is 3.69. The van der Waals surface area contributed by atoms with Crippen molar-refractivity contribution in [3.05, 3.63) is 65.2 Å². The maximum atomic E-state index is 9.45. The largest absolute Gasteiger partial charge is 0.497 e. The van der Waals surface area contributed by atoms with Crippen LogP contribution in [0.3, 0.4) is 0 Å². The molecule has 21 heavy (non-hydrogen) atoms. The smallest absolute Gasteiger partial charge is 0.119 e. The molecule has 108 valence electrons. The van der Waals surface area contributed by atoms with Gasteiger partial charge in [-0.15, -0.1) is 0 Å². The Balaban J connectivity index is 2.65. The van der Waals surface area contributed by atoms with Crippen LogP contribution in [0.25, 0.3) is 0 Å². The van der Waals surface area contributed by atoms with E-state index in [9.17, 15) is 5.26 Å². The van der Waals surface area contributed by atoms with Crippen LogP contribution in [-0.2, 0) is 0 Å². The number of rotatable bonds is 3. The summed E-state index contributed by atoms with van der Waals surface area (Å²) in [6, 6.07) is 18.3. The van der Waals surface area contributed by atoms with Gasteiger partial charge in [0, 0.05) is 5.92 Å². The SMILES string of the molecule is COc1ccc(C#N)c([C@H](c2ccccc2)C(C)(C)C)c1. The van der Waals surface area contributed by atoms with Crippen molar-refractivity contribution < 1.29 is 4.74 Å². The first kappa shape index (κ1) is 15.1. The van der Waals surface area contributed by atoms with Gasteiger partial charge >= 0.3 is 0 Å². The second-order valence-electron chi connectivity index (χ2n) is 6.27. The normalized spacial score (nSPS) is 12.5. The van der Waals surface area contributed by atoms with Crippen molar-refractivity contribution in [1.29, 1.82) is 5.26 Å². The third kappa shape index (κ3) is 3.25. The molecule has 0 fully saturated rings. The van der Waals surface area contributed by atoms with E-state index in [0.29, 0.717) is 5.56 Å². The number of benzene rings is 2. The molecule has 2 aromatic carbocycles. The molecule has 2 aromatic rings. The second-order valence-corrected chi connectivity index (χ2v) is 6.27. The topological polar surface area (TPSA) is 33.0 Å². The Labute approximate surface area is 127 Å². The van der Waals surface area contributed by atoms with Crippen molar-refractivity contribution >= 4 is 0 Å². The Morgan fingerprint density at radius 2 is 1.71 bits per heavy atom. The first-order valence-electron chi connectivity index (χ1n) is 7.10. The molecule has 0 bridgehead atoms. The van der Waals surface area contributed by atoms with Crippen LogP contribution in [0, 0.1) is 16.7 Å². The minimum Gasteiger partial charge on any atom is -0.497 e. The summed E-state index contributed by atoms with van der Waals surface area (Å²) in [6.07, 6.45) is 0. The quantitative estimate of drug-likeness (QED) is 0.812. The van der Waals surface area contributed by atoms with E-state index in [1.54, 1.807) is 7.11 Å². The molecule has 1 atom stereocenters. The van der Waals surface area contributed by atoms with Crippen molar-refractivity contribution in [3.8, 4) is 11.8 Å². The molecule has 0 unspecified atom stereocenters. The van der Waals surface area contributed by atoms with Gasteiger partial charge in [0.2, 0.25) is 0 Å². The molecule has 0 N–H and O–H groups in total. The molecule has 0 amide bonds. The number of ether oxygens (including phenoxy) is 1. The van der Waals surface area contributed by atoms with Gasteiger partial charge < -0.3 is 4.74 Å². The molecule has 0 spiro atoms. The monoisotopic (exact) mass is 279 g/mol. The first-order chi connectivity index (χ1) is 9.97. The van der Waals surface area contributed by atoms with Crippen LogP contribution in [0.1, 0.15) is 43.4 Å². The fraction of sp³-hybridized carbons (Fsp3) is 0.316. The summed E-state index contributed by atoms with van der Waals surface area (Å²) in [7, 11) is 1.65. The van der Waals surface area contributed by atoms with E-state index in [2.05, 4.69) is 39.0 Å². The van der Waals surface area contributed by atoms with Crippen LogP contribution >= 0.6 is 0 Å². The highest BCUT2D eigenvalue weighted by atomic mass is 16.5. The fourth-order valence-corrected chi connectivity index (χ4v) is 2.80. The molecule has 2 heteroatoms. The van der Waals surface area contributed by atoms with E-state index in [4.69, 9.17) is 4.74 Å². The van der Waals surface area contributed by atoms with Crippen LogP contribution < -0.4 is 4.74 Å². The Morgan fingerprint density at radius 3 is 2.24 bits per heavy atom. The van der Waals surface area contributed by atoms with Crippen LogP contribution in [0.4, 0.5) is 0 Å². The lowest BCUT2D eigenvalue weighted by atomic mass is 9.71. The fourth-order valence-electron chi connectivity index (χ4n) is 2.80. The lowest BCUT2D eigenvalue weighted by molar-refractivity contribution is 0.356. The van der Waals surface area contributed by atoms with Gasteiger partial charge in [-0.2, -0.15) is 5.26 Å². The molecule has 2 nitrogen and oxygen atoms in total. The summed E-state index contributed by atoms with van der Waals surface area (Å²) < 4.78 is 5.34. The Kier molecular flexibility index (Phi) is 4.33. The first-order valence-corrected chi connectivity index (χ1v) is 7.10. The van der Waals surface area contributed by atoms with E-state index in [0.717, 1.165) is 11.3 Å². The molecule has 0 aliphatic heterocycles. The standard InChI is InChI=1S/C19H21NO/c1-19(2,3)18(14-8-6-5-7-9-14)17-12-16(21-4)11-10-15(17)13-20/h5-12,18H,1-4H3/t18-/m0/s1. The molecule has 0 radical (unpaired) electrons. The molecule has 0 saturated heterocycles. The zero-order valence-electron chi connectivity index (χ0n) is 13.1. The molecule has 0 aliphatic carbocycles. The van der Waals surface area contributed by atoms with Crippen molar-refractivity contribution in [1.82, 2.24) is 0 Å². The van der Waals surface area contributed by atoms with E-state index in [-0.39, 0.29) is 11.3 Å². The molecule has 0 aliphatic rings. The van der Waals surface area contributed by atoms with Gasteiger partial charge in [-0.3, -0.25) is 0 Å². The number of nitrogens with zero attached hydrogens (tertiary/aromatic N) is 1. The molecular weight excluding hydrogens is 258 g/mol. The highest BCUT2D eigenvalue weighted by Crippen LogP contribution is 2.42. The summed E-state index contributed by atoms with van der Waals surface area (Å²) in [5.41, 5.74) is 2.95. The number of hydrogen-bond donors (Lipinski definition) is 0. The van der Waals surface area contributed by atoms with Crippen LogP contribution in [0.15, 0.2) is 48.5 Å². The Hall–Kier alpha value is -2.27. The average molecular weight is 279 g/mol. The number of hydrogen-bond acceptors (Lipinski definition) is 2. The summed E-state index contributed by atoms with van der Waals surface area (Å²) in [5.74, 6) is 0.928. The highest BCUT2D eigenvalue weighted by Gasteiger charge is 2.30. The summed E-state index contributed by atoms with van der Waals surface area (Å²) in [4.78, 5) is 0. The summed E-state index contributed by atoms with van der Waals surface area (Å²) >= 11 is 0. The number of methoxy groups -OCH3 is 1. The maximum Gasteiger partial charge on any atom is 0.119 e. The van der Waals surface area contributed by atoms with E-state index >= 15 is 0 Å². The maximum absolute atomic E-state index is 9.45. The summed E-state index contributed by atoms with van der Waals surface area (Å²) in [6.45, 7) is 6.60. The van der Waals surface area contributed by atoms with Crippen LogP contribution in [0.2, 0.25) is 0 Å². The summed E-state index contributed by atoms with van der Waals surface area (Å²) in [5, 5.41) is 9.45. The van der Waals surface area contributed by atoms with Gasteiger partial charge in [0.15, 0.2) is 0 Å². The van der Waals surface area contributed by atoms with Gasteiger partial charge in [-0.1, -0.05) is 51.1 Å². The zero-order chi connectivity index (χ0) is 15.5.